The van der Waals surface area contributed by atoms with E-state index in [2.05, 4.69) is 48.0 Å². The molecule has 1 atom stereocenters. The number of carbonyl (C=O) groups is 1. The number of hydrogen-bond donors (Lipinski definition) is 0. The van der Waals surface area contributed by atoms with Crippen LogP contribution in [0.15, 0.2) is 35.1 Å². The molecule has 1 aliphatic heterocycles. The molecule has 0 unspecified atom stereocenters. The molecule has 0 spiro atoms. The Balaban J connectivity index is 1.50. The number of aryl methyl sites for hydroxylation is 1. The fourth-order valence-corrected chi connectivity index (χ4v) is 3.58. The summed E-state index contributed by atoms with van der Waals surface area (Å²) in [4.78, 5) is 21.4. The van der Waals surface area contributed by atoms with Gasteiger partial charge in [-0.2, -0.15) is 0 Å². The van der Waals surface area contributed by atoms with Crippen LogP contribution in [0.3, 0.4) is 0 Å². The zero-order valence-electron chi connectivity index (χ0n) is 14.2. The number of anilines is 1. The maximum atomic E-state index is 12.9. The fraction of sp³-hybridized carbons (Fsp3) is 0.474. The van der Waals surface area contributed by atoms with Crippen molar-refractivity contribution in [1.82, 2.24) is 9.88 Å². The fourth-order valence-electron chi connectivity index (χ4n) is 3.58. The summed E-state index contributed by atoms with van der Waals surface area (Å²) in [5, 5.41) is 0. The lowest BCUT2D eigenvalue weighted by Gasteiger charge is -2.41. The van der Waals surface area contributed by atoms with Crippen LogP contribution in [0.1, 0.15) is 47.5 Å². The van der Waals surface area contributed by atoms with Crippen molar-refractivity contribution >= 4 is 11.6 Å². The molecule has 1 saturated carbocycles. The number of amides is 1. The number of carbonyl (C=O) groups excluding carboxylic acids is 1. The van der Waals surface area contributed by atoms with Crippen LogP contribution >= 0.6 is 0 Å². The van der Waals surface area contributed by atoms with Gasteiger partial charge in [-0.3, -0.25) is 4.79 Å². The van der Waals surface area contributed by atoms with Crippen molar-refractivity contribution in [2.24, 2.45) is 0 Å². The summed E-state index contributed by atoms with van der Waals surface area (Å²) in [6.45, 7) is 6.64. The standard InChI is InChI=1S/C19H23N3O2/c1-13-5-3-4-6-16(13)21-9-10-22(14(2)11-21)19(23)17-18(15-7-8-15)24-12-20-17/h3-6,12,14-15H,7-11H2,1-2H3/t14-/m1/s1. The molecular weight excluding hydrogens is 302 g/mol. The van der Waals surface area contributed by atoms with Gasteiger partial charge in [0, 0.05) is 37.3 Å². The van der Waals surface area contributed by atoms with Gasteiger partial charge in [-0.1, -0.05) is 18.2 Å². The third-order valence-corrected chi connectivity index (χ3v) is 5.09. The Morgan fingerprint density at radius 2 is 2.04 bits per heavy atom. The van der Waals surface area contributed by atoms with Gasteiger partial charge in [0.2, 0.25) is 0 Å². The number of rotatable bonds is 3. The van der Waals surface area contributed by atoms with E-state index in [1.807, 2.05) is 4.90 Å². The summed E-state index contributed by atoms with van der Waals surface area (Å²) in [7, 11) is 0. The summed E-state index contributed by atoms with van der Waals surface area (Å²) in [5.41, 5.74) is 3.06. The number of oxazole rings is 1. The van der Waals surface area contributed by atoms with Crippen molar-refractivity contribution in [2.45, 2.75) is 38.6 Å². The quantitative estimate of drug-likeness (QED) is 0.869. The van der Waals surface area contributed by atoms with Crippen molar-refractivity contribution in [1.29, 1.82) is 0 Å². The Hall–Kier alpha value is -2.30. The van der Waals surface area contributed by atoms with Gasteiger partial charge in [-0.25, -0.2) is 4.98 Å². The van der Waals surface area contributed by atoms with E-state index in [0.717, 1.165) is 31.7 Å². The van der Waals surface area contributed by atoms with Gasteiger partial charge < -0.3 is 14.2 Å². The molecule has 1 aliphatic carbocycles. The molecule has 0 bridgehead atoms. The van der Waals surface area contributed by atoms with Crippen LogP contribution in [-0.4, -0.2) is 41.5 Å². The molecule has 126 valence electrons. The molecule has 2 heterocycles. The highest BCUT2D eigenvalue weighted by molar-refractivity contribution is 5.94. The third kappa shape index (κ3) is 2.68. The number of para-hydroxylation sites is 1. The third-order valence-electron chi connectivity index (χ3n) is 5.09. The maximum Gasteiger partial charge on any atom is 0.276 e. The van der Waals surface area contributed by atoms with Gasteiger partial charge >= 0.3 is 0 Å². The van der Waals surface area contributed by atoms with Crippen LogP contribution in [0.5, 0.6) is 0 Å². The van der Waals surface area contributed by atoms with E-state index < -0.39 is 0 Å². The zero-order valence-corrected chi connectivity index (χ0v) is 14.2. The van der Waals surface area contributed by atoms with Crippen molar-refractivity contribution in [3.8, 4) is 0 Å². The van der Waals surface area contributed by atoms with Gasteiger partial charge in [-0.15, -0.1) is 0 Å². The first kappa shape index (κ1) is 15.2. The summed E-state index contributed by atoms with van der Waals surface area (Å²) in [6, 6.07) is 8.57. The van der Waals surface area contributed by atoms with Gasteiger partial charge in [0.1, 0.15) is 5.76 Å². The molecule has 5 nitrogen and oxygen atoms in total. The van der Waals surface area contributed by atoms with Gasteiger partial charge in [-0.05, 0) is 38.3 Å². The van der Waals surface area contributed by atoms with Crippen molar-refractivity contribution < 1.29 is 9.21 Å². The second kappa shape index (κ2) is 5.96. The van der Waals surface area contributed by atoms with Gasteiger partial charge in [0.25, 0.3) is 5.91 Å². The van der Waals surface area contributed by atoms with Crippen LogP contribution in [0, 0.1) is 6.92 Å². The van der Waals surface area contributed by atoms with Gasteiger partial charge in [0.05, 0.1) is 0 Å². The molecule has 2 aromatic rings. The smallest absolute Gasteiger partial charge is 0.276 e. The number of piperazine rings is 1. The molecule has 1 amide bonds. The van der Waals surface area contributed by atoms with E-state index in [4.69, 9.17) is 4.42 Å². The molecular formula is C19H23N3O2. The SMILES string of the molecule is Cc1ccccc1N1CCN(C(=O)c2ncoc2C2CC2)[C@H](C)C1. The minimum atomic E-state index is 0.0163. The van der Waals surface area contributed by atoms with Crippen molar-refractivity contribution in [3.05, 3.63) is 47.7 Å². The second-order valence-corrected chi connectivity index (χ2v) is 6.92. The average molecular weight is 325 g/mol. The lowest BCUT2D eigenvalue weighted by atomic mass is 10.1. The Morgan fingerprint density at radius 1 is 1.25 bits per heavy atom. The molecule has 0 N–H and O–H groups in total. The lowest BCUT2D eigenvalue weighted by molar-refractivity contribution is 0.0666. The Kier molecular flexibility index (Phi) is 3.79. The molecule has 2 aliphatic rings. The predicted molar refractivity (Wildman–Crippen MR) is 92.4 cm³/mol. The number of hydrogen-bond acceptors (Lipinski definition) is 4. The molecule has 1 saturated heterocycles. The van der Waals surface area contributed by atoms with Gasteiger partial charge in [0.15, 0.2) is 12.1 Å². The molecule has 0 radical (unpaired) electrons. The molecule has 24 heavy (non-hydrogen) atoms. The summed E-state index contributed by atoms with van der Waals surface area (Å²) >= 11 is 0. The Morgan fingerprint density at radius 3 is 2.75 bits per heavy atom. The average Bonchev–Trinajstić information content (AvgIpc) is 3.31. The number of aromatic nitrogens is 1. The highest BCUT2D eigenvalue weighted by Crippen LogP contribution is 2.41. The van der Waals surface area contributed by atoms with Crippen molar-refractivity contribution in [3.63, 3.8) is 0 Å². The highest BCUT2D eigenvalue weighted by atomic mass is 16.3. The zero-order chi connectivity index (χ0) is 16.7. The summed E-state index contributed by atoms with van der Waals surface area (Å²) < 4.78 is 5.47. The van der Waals surface area contributed by atoms with Crippen LogP contribution in [0.2, 0.25) is 0 Å². The van der Waals surface area contributed by atoms with E-state index in [9.17, 15) is 4.79 Å². The Labute approximate surface area is 142 Å². The lowest BCUT2D eigenvalue weighted by Crippen LogP contribution is -2.54. The van der Waals surface area contributed by atoms with Crippen molar-refractivity contribution in [2.75, 3.05) is 24.5 Å². The Bertz CT molecular complexity index is 751. The monoisotopic (exact) mass is 325 g/mol. The van der Waals surface area contributed by atoms with Crippen LogP contribution in [0.25, 0.3) is 0 Å². The number of nitrogens with zero attached hydrogens (tertiary/aromatic N) is 3. The normalized spacial score (nSPS) is 21.2. The van der Waals surface area contributed by atoms with E-state index >= 15 is 0 Å². The van der Waals surface area contributed by atoms with Crippen LogP contribution < -0.4 is 4.90 Å². The van der Waals surface area contributed by atoms with E-state index in [0.29, 0.717) is 18.2 Å². The molecule has 1 aromatic heterocycles. The van der Waals surface area contributed by atoms with E-state index in [1.165, 1.54) is 17.6 Å². The molecule has 4 rings (SSSR count). The van der Waals surface area contributed by atoms with Crippen LogP contribution in [0.4, 0.5) is 5.69 Å². The minimum absolute atomic E-state index is 0.0163. The molecule has 5 heteroatoms. The first-order chi connectivity index (χ1) is 11.6. The second-order valence-electron chi connectivity index (χ2n) is 6.92. The maximum absolute atomic E-state index is 12.9. The predicted octanol–water partition coefficient (Wildman–Crippen LogP) is 3.21. The van der Waals surface area contributed by atoms with E-state index in [-0.39, 0.29) is 11.9 Å². The minimum Gasteiger partial charge on any atom is -0.447 e. The first-order valence-electron chi connectivity index (χ1n) is 8.70. The summed E-state index contributed by atoms with van der Waals surface area (Å²) in [6.07, 6.45) is 3.62. The first-order valence-corrected chi connectivity index (χ1v) is 8.70. The highest BCUT2D eigenvalue weighted by Gasteiger charge is 2.36. The summed E-state index contributed by atoms with van der Waals surface area (Å²) in [5.74, 6) is 1.20. The largest absolute Gasteiger partial charge is 0.447 e. The number of benzene rings is 1. The van der Waals surface area contributed by atoms with Crippen LogP contribution in [-0.2, 0) is 0 Å². The molecule has 2 fully saturated rings. The topological polar surface area (TPSA) is 49.6 Å². The van der Waals surface area contributed by atoms with E-state index in [1.54, 1.807) is 0 Å². The molecule has 1 aromatic carbocycles.